The molecule has 10 rings (SSSR count). The highest BCUT2D eigenvalue weighted by Gasteiger charge is 2.38. The average Bonchev–Trinajstić information content (AvgIpc) is 4.23. The number of alkyl carbamates (subject to hydrolysis) is 1. The van der Waals surface area contributed by atoms with Crippen LogP contribution in [0.5, 0.6) is 0 Å². The third kappa shape index (κ3) is 12.8. The van der Waals surface area contributed by atoms with E-state index in [1.54, 1.807) is 55.6 Å². The Bertz CT molecular complexity index is 2810. The van der Waals surface area contributed by atoms with Crippen LogP contribution in [0.25, 0.3) is 44.1 Å². The molecule has 2 aromatic heterocycles. The van der Waals surface area contributed by atoms with E-state index in [1.807, 2.05) is 58.8 Å². The Kier molecular flexibility index (Phi) is 17.4. The molecule has 2 aliphatic carbocycles. The zero-order chi connectivity index (χ0) is 51.1. The van der Waals surface area contributed by atoms with E-state index >= 15 is 0 Å². The number of aliphatic hydroxyl groups is 2. The molecule has 1 unspecified atom stereocenters. The van der Waals surface area contributed by atoms with Crippen LogP contribution in [0.15, 0.2) is 83.6 Å². The molecule has 4 aromatic carbocycles. The predicted octanol–water partition coefficient (Wildman–Crippen LogP) is 10.7. The Balaban J connectivity index is 0.000000152. The summed E-state index contributed by atoms with van der Waals surface area (Å²) in [6.45, 7) is 6.93. The predicted molar refractivity (Wildman–Crippen MR) is 278 cm³/mol. The number of rotatable bonds is 9. The van der Waals surface area contributed by atoms with Crippen LogP contribution in [-0.4, -0.2) is 91.1 Å². The van der Waals surface area contributed by atoms with Gasteiger partial charge in [0.2, 0.25) is 5.91 Å². The number of aliphatic carboxylic acids is 1. The third-order valence-electron chi connectivity index (χ3n) is 14.2. The zero-order valence-corrected chi connectivity index (χ0v) is 42.7. The molecule has 4 heterocycles. The molecule has 2 amide bonds. The Hall–Kier alpha value is -5.43. The minimum Gasteiger partial charge on any atom is -0.480 e. The van der Waals surface area contributed by atoms with Crippen LogP contribution in [0.1, 0.15) is 120 Å². The molecule has 17 heteroatoms. The van der Waals surface area contributed by atoms with Crippen LogP contribution in [0, 0.1) is 23.5 Å². The van der Waals surface area contributed by atoms with Crippen molar-refractivity contribution in [2.75, 3.05) is 13.1 Å². The number of carboxylic acids is 1. The second-order valence-corrected chi connectivity index (χ2v) is 22.2. The average molecular weight is 1030 g/mol. The van der Waals surface area contributed by atoms with Crippen molar-refractivity contribution in [1.82, 2.24) is 25.5 Å². The van der Waals surface area contributed by atoms with E-state index in [2.05, 4.69) is 16.0 Å². The molecule has 4 atom stereocenters. The Morgan fingerprint density at radius 3 is 1.75 bits per heavy atom. The van der Waals surface area contributed by atoms with Gasteiger partial charge in [0, 0.05) is 39.2 Å². The van der Waals surface area contributed by atoms with E-state index in [0.717, 1.165) is 94.8 Å². The second kappa shape index (κ2) is 23.6. The maximum atomic E-state index is 14.2. The summed E-state index contributed by atoms with van der Waals surface area (Å²) in [5.41, 5.74) is 9.41. The molecule has 2 saturated carbocycles. The number of halogens is 2. The lowest BCUT2D eigenvalue weighted by atomic mass is 9.82. The molecule has 6 aromatic rings. The molecule has 4 aliphatic rings. The third-order valence-corrected chi connectivity index (χ3v) is 16.1. The van der Waals surface area contributed by atoms with E-state index in [1.165, 1.54) is 18.6 Å². The van der Waals surface area contributed by atoms with Crippen molar-refractivity contribution in [2.24, 2.45) is 17.6 Å². The monoisotopic (exact) mass is 1020 g/mol. The molecular formula is C55H66F2N6O7S2. The molecule has 2 saturated heterocycles. The lowest BCUT2D eigenvalue weighted by molar-refractivity contribution is -0.141. The summed E-state index contributed by atoms with van der Waals surface area (Å²) in [6.07, 6.45) is 8.19. The molecule has 0 spiro atoms. The fourth-order valence-corrected chi connectivity index (χ4v) is 12.3. The van der Waals surface area contributed by atoms with Crippen molar-refractivity contribution in [3.63, 3.8) is 0 Å². The number of aromatic nitrogens is 2. The number of ether oxygens (including phenoxy) is 1. The summed E-state index contributed by atoms with van der Waals surface area (Å²) < 4.78 is 33.2. The van der Waals surface area contributed by atoms with Gasteiger partial charge in [-0.15, -0.1) is 22.7 Å². The summed E-state index contributed by atoms with van der Waals surface area (Å²) in [6, 6.07) is 20.5. The highest BCUT2D eigenvalue weighted by Crippen LogP contribution is 2.39. The van der Waals surface area contributed by atoms with Crippen molar-refractivity contribution in [1.29, 1.82) is 0 Å². The number of carboxylic acid groups (broad SMARTS) is 1. The van der Waals surface area contributed by atoms with Crippen molar-refractivity contribution < 1.29 is 43.2 Å². The number of benzene rings is 4. The zero-order valence-electron chi connectivity index (χ0n) is 41.1. The fourth-order valence-electron chi connectivity index (χ4n) is 10.4. The van der Waals surface area contributed by atoms with Gasteiger partial charge in [-0.1, -0.05) is 48.5 Å². The van der Waals surface area contributed by atoms with E-state index < -0.39 is 29.7 Å². The number of thiazole rings is 2. The van der Waals surface area contributed by atoms with E-state index in [4.69, 9.17) is 20.4 Å². The number of amides is 2. The second-order valence-electron chi connectivity index (χ2n) is 20.4. The SMILES string of the molecule is CC(C)(C)OC(=O)NC(C(=O)O)C1CCC(O)CC1.Fc1ccc(-c2csc([C@@H]3CCCN3)n2)c2ccccc12.N[C@H](C(=O)N1CCC[C@H]1c1nc(-c2ccc(F)c3ccccc23)cs1)C1CCC(O)CC1. The minimum absolute atomic E-state index is 0.00197. The highest BCUT2D eigenvalue weighted by molar-refractivity contribution is 7.10. The van der Waals surface area contributed by atoms with Gasteiger partial charge in [0.15, 0.2) is 0 Å². The number of nitrogens with two attached hydrogens (primary N) is 1. The van der Waals surface area contributed by atoms with Crippen LogP contribution in [0.2, 0.25) is 0 Å². The standard InChI is InChI=1S/C25H28FN3O2S.C17H15FN2S.C13H23NO5/c26-20-12-11-19(17-4-1-2-5-18(17)20)21-14-32-24(28-21)22-6-3-13-29(22)25(31)23(27)15-7-9-16(30)10-8-15;18-14-8-7-13(11-4-1-2-5-12(11)14)16-10-21-17(20-16)15-6-3-9-19-15;1-13(2,3)19-12(18)14-10(11(16)17)8-4-6-9(15)7-5-8/h1-2,4-5,11-12,14-16,22-23,30H,3,6-10,13,27H2;1-2,4-5,7-8,10,15,19H,3,6,9H2;8-10,15H,4-7H2,1-3H3,(H,14,18)(H,16,17)/t15?,16?,22-,23-;15-;/m00./s1. The number of hydrogen-bond acceptors (Lipinski definition) is 12. The first kappa shape index (κ1) is 52.9. The van der Waals surface area contributed by atoms with Crippen LogP contribution >= 0.6 is 22.7 Å². The van der Waals surface area contributed by atoms with Gasteiger partial charge < -0.3 is 41.3 Å². The smallest absolute Gasteiger partial charge is 0.408 e. The maximum Gasteiger partial charge on any atom is 0.408 e. The van der Waals surface area contributed by atoms with Gasteiger partial charge in [-0.25, -0.2) is 28.3 Å². The summed E-state index contributed by atoms with van der Waals surface area (Å²) in [5, 5.41) is 43.4. The van der Waals surface area contributed by atoms with Crippen molar-refractivity contribution in [2.45, 2.75) is 140 Å². The quantitative estimate of drug-likeness (QED) is 0.0805. The van der Waals surface area contributed by atoms with E-state index in [-0.39, 0.29) is 47.6 Å². The summed E-state index contributed by atoms with van der Waals surface area (Å²) >= 11 is 3.24. The summed E-state index contributed by atoms with van der Waals surface area (Å²) in [7, 11) is 0. The van der Waals surface area contributed by atoms with Gasteiger partial charge in [-0.2, -0.15) is 0 Å². The lowest BCUT2D eigenvalue weighted by Gasteiger charge is -2.33. The van der Waals surface area contributed by atoms with Gasteiger partial charge in [0.1, 0.15) is 33.3 Å². The Morgan fingerprint density at radius 2 is 1.24 bits per heavy atom. The Labute approximate surface area is 427 Å². The Morgan fingerprint density at radius 1 is 0.722 bits per heavy atom. The number of aliphatic hydroxyl groups excluding tert-OH is 2. The molecule has 0 radical (unpaired) electrons. The summed E-state index contributed by atoms with van der Waals surface area (Å²) in [5.74, 6) is -1.51. The van der Waals surface area contributed by atoms with Crippen molar-refractivity contribution in [3.8, 4) is 22.5 Å². The lowest BCUT2D eigenvalue weighted by Crippen LogP contribution is -2.48. The molecule has 4 fully saturated rings. The van der Waals surface area contributed by atoms with E-state index in [0.29, 0.717) is 49.0 Å². The number of carbonyl (C=O) groups excluding carboxylic acids is 2. The molecule has 72 heavy (non-hydrogen) atoms. The fraction of sp³-hybridized carbons (Fsp3) is 0.473. The van der Waals surface area contributed by atoms with Crippen LogP contribution in [-0.2, 0) is 14.3 Å². The van der Waals surface area contributed by atoms with Gasteiger partial charge >= 0.3 is 12.1 Å². The summed E-state index contributed by atoms with van der Waals surface area (Å²) in [4.78, 5) is 47.7. The van der Waals surface area contributed by atoms with Crippen LogP contribution in [0.4, 0.5) is 13.6 Å². The van der Waals surface area contributed by atoms with Gasteiger partial charge in [-0.3, -0.25) is 4.79 Å². The number of fused-ring (bicyclic) bond motifs is 2. The first-order valence-electron chi connectivity index (χ1n) is 25.2. The van der Waals surface area contributed by atoms with Gasteiger partial charge in [0.25, 0.3) is 0 Å². The molecule has 13 nitrogen and oxygen atoms in total. The number of hydrogen-bond donors (Lipinski definition) is 6. The molecule has 384 valence electrons. The number of likely N-dealkylation sites (tertiary alicyclic amines) is 1. The first-order chi connectivity index (χ1) is 34.5. The normalized spacial score (nSPS) is 23.1. The molecule has 7 N–H and O–H groups in total. The topological polar surface area (TPSA) is 200 Å². The van der Waals surface area contributed by atoms with Crippen LogP contribution < -0.4 is 16.4 Å². The minimum atomic E-state index is -1.06. The largest absolute Gasteiger partial charge is 0.480 e. The van der Waals surface area contributed by atoms with Gasteiger partial charge in [0.05, 0.1) is 41.7 Å². The molecular weight excluding hydrogens is 959 g/mol. The molecule has 0 bridgehead atoms. The van der Waals surface area contributed by atoms with Crippen molar-refractivity contribution >= 4 is 62.2 Å². The first-order valence-corrected chi connectivity index (χ1v) is 26.9. The van der Waals surface area contributed by atoms with Crippen molar-refractivity contribution in [3.05, 3.63) is 105 Å². The van der Waals surface area contributed by atoms with E-state index in [9.17, 15) is 38.5 Å². The number of nitrogens with one attached hydrogen (secondary N) is 2. The molecule has 2 aliphatic heterocycles. The van der Waals surface area contributed by atoms with Gasteiger partial charge in [-0.05, 0) is 151 Å². The van der Waals surface area contributed by atoms with Crippen LogP contribution in [0.3, 0.4) is 0 Å². The highest BCUT2D eigenvalue weighted by atomic mass is 32.1. The number of carbonyl (C=O) groups is 3. The maximum absolute atomic E-state index is 14.2. The number of nitrogens with zero attached hydrogens (tertiary/aromatic N) is 3.